The molecule has 1 unspecified atom stereocenters. The van der Waals surface area contributed by atoms with Crippen LogP contribution in [-0.2, 0) is 14.4 Å². The molecule has 0 spiro atoms. The number of hydrogen-bond donors (Lipinski definition) is 4. The number of nitrogens with one attached hydrogen (secondary N) is 1. The zero-order chi connectivity index (χ0) is 16.4. The maximum absolute atomic E-state index is 10.5. The van der Waals surface area contributed by atoms with E-state index in [1.165, 1.54) is 6.92 Å². The zero-order valence-corrected chi connectivity index (χ0v) is 11.9. The number of carbonyl (C=O) groups is 4. The fourth-order valence-electron chi connectivity index (χ4n) is 1.71. The fraction of sp³-hybridized carbons (Fsp3) is 0.667. The lowest BCUT2D eigenvalue weighted by molar-refractivity contribution is -0.142. The van der Waals surface area contributed by atoms with Crippen molar-refractivity contribution < 1.29 is 29.4 Å². The third kappa shape index (κ3) is 9.25. The van der Waals surface area contributed by atoms with Gasteiger partial charge in [0.25, 0.3) is 0 Å². The molecule has 0 aliphatic carbocycles. The number of carbonyl (C=O) groups excluding carboxylic acids is 2. The lowest BCUT2D eigenvalue weighted by atomic mass is 10.1. The maximum Gasteiger partial charge on any atom is 0.326 e. The molecule has 0 radical (unpaired) electrons. The van der Waals surface area contributed by atoms with Crippen LogP contribution in [0, 0.1) is 0 Å². The highest BCUT2D eigenvalue weighted by Gasteiger charge is 2.18. The molecule has 1 saturated heterocycles. The summed E-state index contributed by atoms with van der Waals surface area (Å²) in [6.07, 6.45) is 1.84. The van der Waals surface area contributed by atoms with Crippen molar-refractivity contribution in [1.82, 2.24) is 10.2 Å². The van der Waals surface area contributed by atoms with Gasteiger partial charge < -0.3 is 26.2 Å². The van der Waals surface area contributed by atoms with Gasteiger partial charge in [0.1, 0.15) is 6.04 Å². The summed E-state index contributed by atoms with van der Waals surface area (Å²) in [5, 5.41) is 18.9. The Morgan fingerprint density at radius 3 is 2.00 bits per heavy atom. The second-order valence-corrected chi connectivity index (χ2v) is 4.56. The Hall–Kier alpha value is -2.32. The van der Waals surface area contributed by atoms with Gasteiger partial charge in [-0.05, 0) is 19.3 Å². The van der Waals surface area contributed by atoms with E-state index in [1.54, 1.807) is 4.90 Å². The van der Waals surface area contributed by atoms with Gasteiger partial charge in [0, 0.05) is 26.4 Å². The van der Waals surface area contributed by atoms with Gasteiger partial charge in [-0.2, -0.15) is 0 Å². The summed E-state index contributed by atoms with van der Waals surface area (Å²) in [5.74, 6) is -2.80. The number of hydrogen-bond acceptors (Lipinski definition) is 4. The molecule has 3 amide bonds. The molecule has 1 fully saturated rings. The fourth-order valence-corrected chi connectivity index (χ4v) is 1.71. The summed E-state index contributed by atoms with van der Waals surface area (Å²) in [7, 11) is 0. The average Bonchev–Trinajstić information content (AvgIpc) is 2.88. The van der Waals surface area contributed by atoms with Crippen LogP contribution in [0.5, 0.6) is 0 Å². The molecule has 0 saturated carbocycles. The van der Waals surface area contributed by atoms with Crippen molar-refractivity contribution in [2.24, 2.45) is 5.73 Å². The van der Waals surface area contributed by atoms with Crippen LogP contribution in [0.15, 0.2) is 0 Å². The lowest BCUT2D eigenvalue weighted by Gasteiger charge is -2.10. The Balaban J connectivity index is 0.000000423. The molecule has 1 atom stereocenters. The van der Waals surface area contributed by atoms with Crippen molar-refractivity contribution in [2.45, 2.75) is 38.6 Å². The SMILES string of the molecule is CC(=O)NC(CCC(=O)O)C(=O)O.NC(=O)N1CCCC1. The summed E-state index contributed by atoms with van der Waals surface area (Å²) in [6, 6.07) is -1.39. The van der Waals surface area contributed by atoms with Crippen LogP contribution in [0.3, 0.4) is 0 Å². The van der Waals surface area contributed by atoms with Gasteiger partial charge in [-0.3, -0.25) is 9.59 Å². The molecular weight excluding hydrogens is 282 g/mol. The Bertz CT molecular complexity index is 392. The van der Waals surface area contributed by atoms with Gasteiger partial charge in [0.15, 0.2) is 0 Å². The van der Waals surface area contributed by atoms with E-state index < -0.39 is 23.9 Å². The summed E-state index contributed by atoms with van der Waals surface area (Å²) < 4.78 is 0. The Morgan fingerprint density at radius 1 is 1.19 bits per heavy atom. The molecule has 5 N–H and O–H groups in total. The third-order valence-electron chi connectivity index (χ3n) is 2.74. The average molecular weight is 303 g/mol. The van der Waals surface area contributed by atoms with E-state index in [0.717, 1.165) is 25.9 Å². The number of primary amides is 1. The smallest absolute Gasteiger partial charge is 0.326 e. The number of urea groups is 1. The number of nitrogens with zero attached hydrogens (tertiary/aromatic N) is 1. The van der Waals surface area contributed by atoms with Crippen LogP contribution < -0.4 is 11.1 Å². The largest absolute Gasteiger partial charge is 0.481 e. The molecule has 21 heavy (non-hydrogen) atoms. The number of nitrogens with two attached hydrogens (primary N) is 1. The highest BCUT2D eigenvalue weighted by molar-refractivity contribution is 5.82. The van der Waals surface area contributed by atoms with Crippen molar-refractivity contribution in [1.29, 1.82) is 0 Å². The molecule has 120 valence electrons. The predicted molar refractivity (Wildman–Crippen MR) is 72.5 cm³/mol. The monoisotopic (exact) mass is 303 g/mol. The first-order valence-electron chi connectivity index (χ1n) is 6.50. The summed E-state index contributed by atoms with van der Waals surface area (Å²) in [6.45, 7) is 2.89. The van der Waals surface area contributed by atoms with Crippen molar-refractivity contribution in [3.05, 3.63) is 0 Å². The first-order valence-corrected chi connectivity index (χ1v) is 6.50. The van der Waals surface area contributed by atoms with Gasteiger partial charge in [-0.15, -0.1) is 0 Å². The zero-order valence-electron chi connectivity index (χ0n) is 11.9. The molecule has 0 aromatic carbocycles. The molecule has 1 rings (SSSR count). The van der Waals surface area contributed by atoms with E-state index in [9.17, 15) is 19.2 Å². The molecule has 9 nitrogen and oxygen atoms in total. The minimum absolute atomic E-state index is 0.107. The van der Waals surface area contributed by atoms with Crippen molar-refractivity contribution in [3.8, 4) is 0 Å². The van der Waals surface area contributed by atoms with Crippen LogP contribution >= 0.6 is 0 Å². The van der Waals surface area contributed by atoms with Crippen LogP contribution in [0.1, 0.15) is 32.6 Å². The first-order chi connectivity index (χ1) is 9.73. The summed E-state index contributed by atoms with van der Waals surface area (Å²) in [5.41, 5.74) is 4.98. The van der Waals surface area contributed by atoms with E-state index in [1.807, 2.05) is 0 Å². The van der Waals surface area contributed by atoms with Crippen molar-refractivity contribution in [2.75, 3.05) is 13.1 Å². The van der Waals surface area contributed by atoms with E-state index >= 15 is 0 Å². The minimum Gasteiger partial charge on any atom is -0.481 e. The van der Waals surface area contributed by atoms with Crippen molar-refractivity contribution >= 4 is 23.9 Å². The number of carboxylic acid groups (broad SMARTS) is 2. The standard InChI is InChI=1S/C7H11NO5.C5H10N2O/c1-4(9)8-5(7(12)13)2-3-6(10)11;6-5(8)7-3-1-2-4-7/h5H,2-3H2,1H3,(H,8,9)(H,10,11)(H,12,13);1-4H2,(H2,6,8). The molecule has 1 aliphatic heterocycles. The van der Waals surface area contributed by atoms with E-state index in [4.69, 9.17) is 15.9 Å². The summed E-state index contributed by atoms with van der Waals surface area (Å²) in [4.78, 5) is 43.0. The van der Waals surface area contributed by atoms with Gasteiger partial charge in [0.2, 0.25) is 5.91 Å². The predicted octanol–water partition coefficient (Wildman–Crippen LogP) is -0.399. The molecule has 9 heteroatoms. The minimum atomic E-state index is -1.23. The number of aliphatic carboxylic acids is 2. The highest BCUT2D eigenvalue weighted by atomic mass is 16.4. The molecule has 0 aromatic rings. The number of carboxylic acids is 2. The Labute approximate surface area is 122 Å². The molecule has 0 aromatic heterocycles. The number of rotatable bonds is 5. The quantitative estimate of drug-likeness (QED) is 0.542. The highest BCUT2D eigenvalue weighted by Crippen LogP contribution is 2.05. The third-order valence-corrected chi connectivity index (χ3v) is 2.74. The molecule has 1 aliphatic rings. The molecular formula is C12H21N3O6. The van der Waals surface area contributed by atoms with E-state index in [-0.39, 0.29) is 18.9 Å². The van der Waals surface area contributed by atoms with E-state index in [2.05, 4.69) is 5.32 Å². The topological polar surface area (TPSA) is 150 Å². The van der Waals surface area contributed by atoms with Gasteiger partial charge >= 0.3 is 18.0 Å². The molecule has 1 heterocycles. The Morgan fingerprint density at radius 2 is 1.71 bits per heavy atom. The van der Waals surface area contributed by atoms with Crippen LogP contribution in [0.4, 0.5) is 4.79 Å². The van der Waals surface area contributed by atoms with Gasteiger partial charge in [0.05, 0.1) is 0 Å². The first kappa shape index (κ1) is 18.7. The number of amides is 3. The van der Waals surface area contributed by atoms with E-state index in [0.29, 0.717) is 0 Å². The Kier molecular flexibility index (Phi) is 8.51. The molecule has 0 bridgehead atoms. The number of likely N-dealkylation sites (tertiary alicyclic amines) is 1. The lowest BCUT2D eigenvalue weighted by Crippen LogP contribution is -2.39. The second kappa shape index (κ2) is 9.56. The van der Waals surface area contributed by atoms with Crippen LogP contribution in [0.25, 0.3) is 0 Å². The maximum atomic E-state index is 10.5. The second-order valence-electron chi connectivity index (χ2n) is 4.56. The van der Waals surface area contributed by atoms with Gasteiger partial charge in [-0.25, -0.2) is 9.59 Å². The van der Waals surface area contributed by atoms with Crippen LogP contribution in [0.2, 0.25) is 0 Å². The normalized spacial score (nSPS) is 14.6. The van der Waals surface area contributed by atoms with Crippen LogP contribution in [-0.4, -0.2) is 58.1 Å². The summed E-state index contributed by atoms with van der Waals surface area (Å²) >= 11 is 0. The van der Waals surface area contributed by atoms with Gasteiger partial charge in [-0.1, -0.05) is 0 Å². The van der Waals surface area contributed by atoms with Crippen molar-refractivity contribution in [3.63, 3.8) is 0 Å².